The molecule has 3 nitrogen and oxygen atoms in total. The second kappa shape index (κ2) is 8.75. The second-order valence-corrected chi connectivity index (χ2v) is 5.60. The van der Waals surface area contributed by atoms with E-state index < -0.39 is 0 Å². The molecule has 0 spiro atoms. The normalized spacial score (nSPS) is 12.2. The Balaban J connectivity index is 2.39. The lowest BCUT2D eigenvalue weighted by Gasteiger charge is -2.17. The van der Waals surface area contributed by atoms with E-state index in [4.69, 9.17) is 5.73 Å². The van der Waals surface area contributed by atoms with Crippen LogP contribution in [0.1, 0.15) is 61.8 Å². The number of hydrogen-bond acceptors (Lipinski definition) is 2. The van der Waals surface area contributed by atoms with Crippen LogP contribution in [-0.2, 0) is 4.79 Å². The molecule has 0 aliphatic heterocycles. The van der Waals surface area contributed by atoms with Crippen molar-refractivity contribution < 1.29 is 4.79 Å². The highest BCUT2D eigenvalue weighted by molar-refractivity contribution is 5.76. The molecule has 1 rings (SSSR count). The van der Waals surface area contributed by atoms with E-state index in [1.54, 1.807) is 0 Å². The Bertz CT molecular complexity index is 429. The smallest absolute Gasteiger partial charge is 0.220 e. The van der Waals surface area contributed by atoms with Gasteiger partial charge in [-0.25, -0.2) is 0 Å². The van der Waals surface area contributed by atoms with Gasteiger partial charge < -0.3 is 11.1 Å². The lowest BCUT2D eigenvalue weighted by molar-refractivity contribution is -0.121. The number of hydrogen-bond donors (Lipinski definition) is 2. The lowest BCUT2D eigenvalue weighted by Crippen LogP contribution is -2.26. The minimum absolute atomic E-state index is 0.0754. The standard InChI is InChI=1S/C17H28N2O/c1-13-9-10-14(2)16(12-13)15(3)19-17(20)8-6-4-5-7-11-18/h9-10,12,15H,4-8,11,18H2,1-3H3,(H,19,20). The van der Waals surface area contributed by atoms with E-state index in [9.17, 15) is 4.79 Å². The van der Waals surface area contributed by atoms with E-state index in [1.165, 1.54) is 16.7 Å². The molecule has 0 heterocycles. The second-order valence-electron chi connectivity index (χ2n) is 5.60. The SMILES string of the molecule is Cc1ccc(C)c(C(C)NC(=O)CCCCCCN)c1. The molecule has 1 aromatic carbocycles. The van der Waals surface area contributed by atoms with Gasteiger partial charge in [0.05, 0.1) is 6.04 Å². The molecule has 1 aromatic rings. The molecule has 0 fully saturated rings. The van der Waals surface area contributed by atoms with Crippen molar-refractivity contribution in [3.8, 4) is 0 Å². The Morgan fingerprint density at radius 3 is 2.60 bits per heavy atom. The molecule has 3 N–H and O–H groups in total. The van der Waals surface area contributed by atoms with Crippen LogP contribution in [0.4, 0.5) is 0 Å². The third-order valence-corrected chi connectivity index (χ3v) is 3.64. The fraction of sp³-hybridized carbons (Fsp3) is 0.588. The van der Waals surface area contributed by atoms with Gasteiger partial charge in [-0.1, -0.05) is 36.6 Å². The van der Waals surface area contributed by atoms with E-state index in [1.807, 2.05) is 6.92 Å². The Morgan fingerprint density at radius 1 is 1.20 bits per heavy atom. The third-order valence-electron chi connectivity index (χ3n) is 3.64. The van der Waals surface area contributed by atoms with Crippen LogP contribution in [0, 0.1) is 13.8 Å². The van der Waals surface area contributed by atoms with Crippen molar-refractivity contribution in [2.24, 2.45) is 5.73 Å². The van der Waals surface area contributed by atoms with Crippen LogP contribution < -0.4 is 11.1 Å². The molecule has 0 aliphatic rings. The molecule has 0 saturated heterocycles. The molecule has 1 atom stereocenters. The first kappa shape index (κ1) is 16.7. The van der Waals surface area contributed by atoms with E-state index in [-0.39, 0.29) is 11.9 Å². The molecule has 1 unspecified atom stereocenters. The van der Waals surface area contributed by atoms with Crippen LogP contribution in [0.25, 0.3) is 0 Å². The summed E-state index contributed by atoms with van der Waals surface area (Å²) in [4.78, 5) is 11.9. The van der Waals surface area contributed by atoms with E-state index in [2.05, 4.69) is 37.4 Å². The predicted octanol–water partition coefficient (Wildman–Crippen LogP) is 3.39. The van der Waals surface area contributed by atoms with Gasteiger partial charge in [-0.15, -0.1) is 0 Å². The summed E-state index contributed by atoms with van der Waals surface area (Å²) in [5.74, 6) is 0.145. The maximum atomic E-state index is 11.9. The van der Waals surface area contributed by atoms with Crippen molar-refractivity contribution in [2.45, 2.75) is 58.9 Å². The summed E-state index contributed by atoms with van der Waals surface area (Å²) in [5.41, 5.74) is 9.12. The topological polar surface area (TPSA) is 55.1 Å². The first-order valence-electron chi connectivity index (χ1n) is 7.61. The van der Waals surface area contributed by atoms with Gasteiger partial charge in [0.15, 0.2) is 0 Å². The summed E-state index contributed by atoms with van der Waals surface area (Å²) >= 11 is 0. The first-order valence-corrected chi connectivity index (χ1v) is 7.61. The van der Waals surface area contributed by atoms with Crippen LogP contribution in [0.2, 0.25) is 0 Å². The van der Waals surface area contributed by atoms with Crippen molar-refractivity contribution in [1.82, 2.24) is 5.32 Å². The van der Waals surface area contributed by atoms with Gasteiger partial charge in [0.25, 0.3) is 0 Å². The third kappa shape index (κ3) is 5.74. The van der Waals surface area contributed by atoms with Gasteiger partial charge in [-0.3, -0.25) is 4.79 Å². The van der Waals surface area contributed by atoms with Crippen LogP contribution in [0.15, 0.2) is 18.2 Å². The molecular weight excluding hydrogens is 248 g/mol. The Kier molecular flexibility index (Phi) is 7.31. The van der Waals surface area contributed by atoms with Gasteiger partial charge >= 0.3 is 0 Å². The zero-order valence-corrected chi connectivity index (χ0v) is 13.0. The van der Waals surface area contributed by atoms with Gasteiger partial charge in [-0.05, 0) is 51.3 Å². The van der Waals surface area contributed by atoms with Crippen LogP contribution in [-0.4, -0.2) is 12.5 Å². The summed E-state index contributed by atoms with van der Waals surface area (Å²) in [6.45, 7) is 6.96. The minimum Gasteiger partial charge on any atom is -0.350 e. The highest BCUT2D eigenvalue weighted by Gasteiger charge is 2.11. The quantitative estimate of drug-likeness (QED) is 0.715. The Labute approximate surface area is 122 Å². The van der Waals surface area contributed by atoms with Gasteiger partial charge in [0.1, 0.15) is 0 Å². The molecule has 0 aromatic heterocycles. The molecule has 0 aliphatic carbocycles. The Morgan fingerprint density at radius 2 is 1.90 bits per heavy atom. The number of rotatable bonds is 8. The zero-order valence-electron chi connectivity index (χ0n) is 13.0. The maximum Gasteiger partial charge on any atom is 0.220 e. The van der Waals surface area contributed by atoms with Crippen molar-refractivity contribution in [3.63, 3.8) is 0 Å². The average Bonchev–Trinajstić information content (AvgIpc) is 2.41. The highest BCUT2D eigenvalue weighted by Crippen LogP contribution is 2.19. The molecule has 0 radical (unpaired) electrons. The van der Waals surface area contributed by atoms with E-state index in [0.29, 0.717) is 6.42 Å². The number of carbonyl (C=O) groups is 1. The number of aryl methyl sites for hydroxylation is 2. The first-order chi connectivity index (χ1) is 9.54. The summed E-state index contributed by atoms with van der Waals surface area (Å²) in [6, 6.07) is 6.44. The minimum atomic E-state index is 0.0754. The number of benzene rings is 1. The fourth-order valence-corrected chi connectivity index (χ4v) is 2.40. The van der Waals surface area contributed by atoms with Crippen molar-refractivity contribution in [1.29, 1.82) is 0 Å². The molecule has 1 amide bonds. The summed E-state index contributed by atoms with van der Waals surface area (Å²) in [7, 11) is 0. The summed E-state index contributed by atoms with van der Waals surface area (Å²) < 4.78 is 0. The zero-order chi connectivity index (χ0) is 15.0. The monoisotopic (exact) mass is 276 g/mol. The predicted molar refractivity (Wildman–Crippen MR) is 84.6 cm³/mol. The molecule has 112 valence electrons. The number of unbranched alkanes of at least 4 members (excludes halogenated alkanes) is 3. The van der Waals surface area contributed by atoms with E-state index >= 15 is 0 Å². The Hall–Kier alpha value is -1.35. The number of nitrogens with two attached hydrogens (primary N) is 1. The van der Waals surface area contributed by atoms with Gasteiger partial charge in [0, 0.05) is 6.42 Å². The lowest BCUT2D eigenvalue weighted by atomic mass is 10.00. The molecular formula is C17H28N2O. The van der Waals surface area contributed by atoms with E-state index in [0.717, 1.165) is 32.2 Å². The fourth-order valence-electron chi connectivity index (χ4n) is 2.40. The van der Waals surface area contributed by atoms with Gasteiger partial charge in [0.2, 0.25) is 5.91 Å². The maximum absolute atomic E-state index is 11.9. The number of amides is 1. The highest BCUT2D eigenvalue weighted by atomic mass is 16.1. The molecule has 0 saturated carbocycles. The van der Waals surface area contributed by atoms with Gasteiger partial charge in [-0.2, -0.15) is 0 Å². The molecule has 3 heteroatoms. The average molecular weight is 276 g/mol. The summed E-state index contributed by atoms with van der Waals surface area (Å²) in [5, 5.41) is 3.09. The molecule has 20 heavy (non-hydrogen) atoms. The molecule has 0 bridgehead atoms. The van der Waals surface area contributed by atoms with Crippen molar-refractivity contribution in [3.05, 3.63) is 34.9 Å². The largest absolute Gasteiger partial charge is 0.350 e. The number of nitrogens with one attached hydrogen (secondary N) is 1. The number of carbonyl (C=O) groups excluding carboxylic acids is 1. The van der Waals surface area contributed by atoms with Crippen molar-refractivity contribution >= 4 is 5.91 Å². The summed E-state index contributed by atoms with van der Waals surface area (Å²) in [6.07, 6.45) is 4.82. The van der Waals surface area contributed by atoms with Crippen LogP contribution >= 0.6 is 0 Å². The van der Waals surface area contributed by atoms with Crippen molar-refractivity contribution in [2.75, 3.05) is 6.54 Å². The van der Waals surface area contributed by atoms with Crippen LogP contribution in [0.3, 0.4) is 0 Å². The van der Waals surface area contributed by atoms with Crippen LogP contribution in [0.5, 0.6) is 0 Å².